The van der Waals surface area contributed by atoms with Crippen LogP contribution in [-0.4, -0.2) is 73.9 Å². The van der Waals surface area contributed by atoms with E-state index in [0.29, 0.717) is 30.6 Å². The standard InChI is InChI=1S/C34H36ClF2N5O5S/c1-47-34(44)41-32(31(22-10-12-24(35)13-11-22)23-6-5-7-25(36)18-23)33(43)40-30-21-39-20-29(37)28(30)15-14-26-19-38-16-17-42(26)48(45,46)27-8-3-2-4-9-27/h2-12,18,20-21,24,26,31-32,38H,13-17,19H2,1H3,(H,40,43)(H,41,44)/t24?,26-,31-,32-/m0/s1. The molecule has 1 aromatic heterocycles. The fraction of sp³-hybridized carbons (Fsp3) is 0.324. The van der Waals surface area contributed by atoms with Gasteiger partial charge >= 0.3 is 6.09 Å². The van der Waals surface area contributed by atoms with E-state index in [4.69, 9.17) is 16.3 Å². The average Bonchev–Trinajstić information content (AvgIpc) is 3.09. The Hall–Kier alpha value is -4.17. The maximum absolute atomic E-state index is 15.4. The molecule has 1 saturated heterocycles. The van der Waals surface area contributed by atoms with Crippen LogP contribution in [0.15, 0.2) is 95.7 Å². The highest BCUT2D eigenvalue weighted by atomic mass is 35.5. The van der Waals surface area contributed by atoms with Gasteiger partial charge in [0.2, 0.25) is 15.9 Å². The number of piperazine rings is 1. The number of halogens is 3. The molecule has 1 fully saturated rings. The zero-order chi connectivity index (χ0) is 34.3. The molecule has 14 heteroatoms. The molecule has 5 rings (SSSR count). The number of benzene rings is 2. The van der Waals surface area contributed by atoms with E-state index >= 15 is 4.39 Å². The van der Waals surface area contributed by atoms with Crippen molar-refractivity contribution in [2.24, 2.45) is 0 Å². The number of alkyl halides is 1. The molecule has 2 aromatic carbocycles. The fourth-order valence-corrected chi connectivity index (χ4v) is 7.82. The Morgan fingerprint density at radius 1 is 1.15 bits per heavy atom. The van der Waals surface area contributed by atoms with Gasteiger partial charge in [-0.15, -0.1) is 11.6 Å². The Bertz CT molecular complexity index is 1790. The first-order valence-corrected chi connectivity index (χ1v) is 17.3. The minimum absolute atomic E-state index is 0.0462. The van der Waals surface area contributed by atoms with E-state index in [9.17, 15) is 22.4 Å². The highest BCUT2D eigenvalue weighted by molar-refractivity contribution is 7.89. The number of nitrogens with zero attached hydrogens (tertiary/aromatic N) is 2. The summed E-state index contributed by atoms with van der Waals surface area (Å²) in [4.78, 5) is 30.7. The lowest BCUT2D eigenvalue weighted by Crippen LogP contribution is -2.53. The van der Waals surface area contributed by atoms with E-state index in [1.165, 1.54) is 40.8 Å². The number of anilines is 1. The molecule has 1 aliphatic heterocycles. The number of ether oxygens (including phenoxy) is 1. The van der Waals surface area contributed by atoms with Crippen molar-refractivity contribution in [1.29, 1.82) is 0 Å². The highest BCUT2D eigenvalue weighted by Gasteiger charge is 2.36. The van der Waals surface area contributed by atoms with E-state index in [1.807, 2.05) is 6.08 Å². The van der Waals surface area contributed by atoms with Gasteiger partial charge in [-0.2, -0.15) is 4.31 Å². The van der Waals surface area contributed by atoms with Gasteiger partial charge in [0.25, 0.3) is 0 Å². The molecule has 2 heterocycles. The third kappa shape index (κ3) is 8.27. The van der Waals surface area contributed by atoms with Crippen molar-refractivity contribution in [2.45, 2.75) is 47.5 Å². The minimum Gasteiger partial charge on any atom is -0.453 e. The zero-order valence-electron chi connectivity index (χ0n) is 26.1. The van der Waals surface area contributed by atoms with Gasteiger partial charge in [0.05, 0.1) is 35.5 Å². The number of pyridine rings is 1. The van der Waals surface area contributed by atoms with Crippen LogP contribution in [-0.2, 0) is 26.0 Å². The molecular formula is C34H36ClF2N5O5S. The lowest BCUT2D eigenvalue weighted by molar-refractivity contribution is -0.118. The van der Waals surface area contributed by atoms with Crippen LogP contribution in [0.4, 0.5) is 19.3 Å². The van der Waals surface area contributed by atoms with Crippen molar-refractivity contribution < 1.29 is 31.5 Å². The van der Waals surface area contributed by atoms with Crippen LogP contribution in [0.1, 0.15) is 29.9 Å². The summed E-state index contributed by atoms with van der Waals surface area (Å²) in [5, 5.41) is 8.22. The Labute approximate surface area is 283 Å². The van der Waals surface area contributed by atoms with E-state index < -0.39 is 51.7 Å². The Morgan fingerprint density at radius 3 is 2.65 bits per heavy atom. The molecule has 0 spiro atoms. The Morgan fingerprint density at radius 2 is 1.94 bits per heavy atom. The molecule has 3 aromatic rings. The Kier molecular flexibility index (Phi) is 11.6. The summed E-state index contributed by atoms with van der Waals surface area (Å²) in [6.07, 6.45) is 7.41. The molecule has 254 valence electrons. The summed E-state index contributed by atoms with van der Waals surface area (Å²) in [6, 6.07) is 11.9. The fourth-order valence-electron chi connectivity index (χ4n) is 5.98. The Balaban J connectivity index is 1.43. The minimum atomic E-state index is -3.81. The van der Waals surface area contributed by atoms with E-state index in [2.05, 4.69) is 20.9 Å². The smallest absolute Gasteiger partial charge is 0.407 e. The second kappa shape index (κ2) is 15.8. The molecule has 10 nitrogen and oxygen atoms in total. The number of nitrogens with one attached hydrogen (secondary N) is 3. The number of carbonyl (C=O) groups is 2. The number of methoxy groups -OCH3 is 1. The third-order valence-corrected chi connectivity index (χ3v) is 10.6. The quantitative estimate of drug-likeness (QED) is 0.243. The van der Waals surface area contributed by atoms with Gasteiger partial charge in [0, 0.05) is 37.2 Å². The van der Waals surface area contributed by atoms with Crippen LogP contribution in [0.3, 0.4) is 0 Å². The van der Waals surface area contributed by atoms with Gasteiger partial charge in [0.15, 0.2) is 0 Å². The van der Waals surface area contributed by atoms with Gasteiger partial charge in [-0.3, -0.25) is 9.78 Å². The summed E-state index contributed by atoms with van der Waals surface area (Å²) in [6.45, 7) is 1.06. The van der Waals surface area contributed by atoms with Crippen LogP contribution in [0.5, 0.6) is 0 Å². The normalized spacial score (nSPS) is 19.5. The number of allylic oxidation sites excluding steroid dienone is 3. The van der Waals surface area contributed by atoms with Crippen molar-refractivity contribution in [3.63, 3.8) is 0 Å². The number of rotatable bonds is 11. The molecule has 0 radical (unpaired) electrons. The van der Waals surface area contributed by atoms with Crippen molar-refractivity contribution in [2.75, 3.05) is 32.1 Å². The van der Waals surface area contributed by atoms with Crippen LogP contribution >= 0.6 is 11.6 Å². The number of hydrogen-bond acceptors (Lipinski definition) is 7. The van der Waals surface area contributed by atoms with Gasteiger partial charge < -0.3 is 20.7 Å². The predicted molar refractivity (Wildman–Crippen MR) is 178 cm³/mol. The summed E-state index contributed by atoms with van der Waals surface area (Å²) in [7, 11) is -2.67. The lowest BCUT2D eigenvalue weighted by Gasteiger charge is -2.35. The highest BCUT2D eigenvalue weighted by Crippen LogP contribution is 2.34. The number of hydrogen-bond donors (Lipinski definition) is 3. The lowest BCUT2D eigenvalue weighted by atomic mass is 9.82. The number of amides is 2. The van der Waals surface area contributed by atoms with Crippen LogP contribution in [0, 0.1) is 11.6 Å². The second-order valence-electron chi connectivity index (χ2n) is 11.4. The topological polar surface area (TPSA) is 130 Å². The van der Waals surface area contributed by atoms with E-state index in [0.717, 1.165) is 13.3 Å². The predicted octanol–water partition coefficient (Wildman–Crippen LogP) is 4.90. The molecular weight excluding hydrogens is 664 g/mol. The van der Waals surface area contributed by atoms with Crippen molar-refractivity contribution in [1.82, 2.24) is 19.9 Å². The van der Waals surface area contributed by atoms with Gasteiger partial charge in [-0.05, 0) is 54.7 Å². The summed E-state index contributed by atoms with van der Waals surface area (Å²) >= 11 is 6.25. The molecule has 4 atom stereocenters. The molecule has 3 N–H and O–H groups in total. The van der Waals surface area contributed by atoms with Crippen LogP contribution in [0.2, 0.25) is 0 Å². The average molecular weight is 700 g/mol. The first-order valence-electron chi connectivity index (χ1n) is 15.4. The van der Waals surface area contributed by atoms with Gasteiger partial charge in [-0.25, -0.2) is 22.0 Å². The SMILES string of the molecule is COC(=O)N[C@H](C(=O)Nc1cncc(F)c1CC[C@H]1CNCCN1S(=O)(=O)c1ccccc1)[C@@H](C1=CCC(Cl)C=C1)c1cccc(F)c1. The number of alkyl carbamates (subject to hydrolysis) is 1. The van der Waals surface area contributed by atoms with Gasteiger partial charge in [0.1, 0.15) is 17.7 Å². The largest absolute Gasteiger partial charge is 0.453 e. The van der Waals surface area contributed by atoms with E-state index in [-0.39, 0.29) is 40.9 Å². The number of sulfonamides is 1. The first kappa shape index (κ1) is 35.1. The second-order valence-corrected chi connectivity index (χ2v) is 13.9. The maximum atomic E-state index is 15.4. The number of aromatic nitrogens is 1. The van der Waals surface area contributed by atoms with Crippen molar-refractivity contribution >= 4 is 39.3 Å². The third-order valence-electron chi connectivity index (χ3n) is 8.35. The zero-order valence-corrected chi connectivity index (χ0v) is 27.7. The van der Waals surface area contributed by atoms with Crippen LogP contribution < -0.4 is 16.0 Å². The molecule has 1 aliphatic carbocycles. The molecule has 1 unspecified atom stereocenters. The van der Waals surface area contributed by atoms with Crippen molar-refractivity contribution in [3.8, 4) is 0 Å². The summed E-state index contributed by atoms with van der Waals surface area (Å²) < 4.78 is 63.1. The maximum Gasteiger partial charge on any atom is 0.407 e. The van der Waals surface area contributed by atoms with Crippen LogP contribution in [0.25, 0.3) is 0 Å². The van der Waals surface area contributed by atoms with E-state index in [1.54, 1.807) is 36.4 Å². The van der Waals surface area contributed by atoms with Crippen molar-refractivity contribution in [3.05, 3.63) is 114 Å². The molecule has 2 amide bonds. The molecule has 2 aliphatic rings. The number of carbonyl (C=O) groups excluding carboxylic acids is 2. The molecule has 0 saturated carbocycles. The summed E-state index contributed by atoms with van der Waals surface area (Å²) in [5.74, 6) is -2.85. The molecule has 0 bridgehead atoms. The summed E-state index contributed by atoms with van der Waals surface area (Å²) in [5.41, 5.74) is 1.17. The van der Waals surface area contributed by atoms with Gasteiger partial charge in [-0.1, -0.05) is 48.6 Å². The molecule has 48 heavy (non-hydrogen) atoms. The monoisotopic (exact) mass is 699 g/mol. The first-order chi connectivity index (χ1) is 23.1.